The Kier molecular flexibility index (Phi) is 3.91. The fourth-order valence-corrected chi connectivity index (χ4v) is 1.57. The fourth-order valence-electron chi connectivity index (χ4n) is 1.13. The van der Waals surface area contributed by atoms with Gasteiger partial charge in [0.1, 0.15) is 0 Å². The molecular formula is C9H6F5I. The SMILES string of the molecule is CC(CI)c1c(F)c(F)c(F)c(F)c1F. The fraction of sp³-hybridized carbons (Fsp3) is 0.333. The Labute approximate surface area is 96.6 Å². The second-order valence-electron chi connectivity index (χ2n) is 3.04. The molecule has 1 aromatic rings. The maximum Gasteiger partial charge on any atom is 0.200 e. The topological polar surface area (TPSA) is 0 Å². The van der Waals surface area contributed by atoms with Crippen molar-refractivity contribution in [2.75, 3.05) is 4.43 Å². The molecule has 1 unspecified atom stereocenters. The average Bonchev–Trinajstić information content (AvgIpc) is 2.23. The molecule has 0 nitrogen and oxygen atoms in total. The Hall–Kier alpha value is -0.400. The summed E-state index contributed by atoms with van der Waals surface area (Å²) < 4.78 is 64.6. The lowest BCUT2D eigenvalue weighted by atomic mass is 10.0. The Bertz CT molecular complexity index is 362. The lowest BCUT2D eigenvalue weighted by molar-refractivity contribution is 0.367. The summed E-state index contributed by atoms with van der Waals surface area (Å²) in [6, 6.07) is 0. The van der Waals surface area contributed by atoms with E-state index in [4.69, 9.17) is 0 Å². The van der Waals surface area contributed by atoms with Crippen LogP contribution in [-0.4, -0.2) is 4.43 Å². The van der Waals surface area contributed by atoms with Crippen LogP contribution in [0.2, 0.25) is 0 Å². The van der Waals surface area contributed by atoms with E-state index < -0.39 is 40.6 Å². The number of alkyl halides is 1. The van der Waals surface area contributed by atoms with Gasteiger partial charge in [-0.1, -0.05) is 29.5 Å². The van der Waals surface area contributed by atoms with Crippen molar-refractivity contribution in [1.82, 2.24) is 0 Å². The minimum atomic E-state index is -2.12. The van der Waals surface area contributed by atoms with Crippen LogP contribution in [0.25, 0.3) is 0 Å². The van der Waals surface area contributed by atoms with Gasteiger partial charge in [-0.3, -0.25) is 0 Å². The first-order chi connectivity index (χ1) is 6.91. The molecule has 0 amide bonds. The Balaban J connectivity index is 3.52. The maximum absolute atomic E-state index is 13.1. The van der Waals surface area contributed by atoms with Gasteiger partial charge >= 0.3 is 0 Å². The van der Waals surface area contributed by atoms with Crippen molar-refractivity contribution >= 4 is 22.6 Å². The highest BCUT2D eigenvalue weighted by molar-refractivity contribution is 14.1. The van der Waals surface area contributed by atoms with Gasteiger partial charge in [-0.05, 0) is 5.92 Å². The number of benzene rings is 1. The van der Waals surface area contributed by atoms with Gasteiger partial charge in [0.2, 0.25) is 5.82 Å². The van der Waals surface area contributed by atoms with Gasteiger partial charge in [-0.25, -0.2) is 22.0 Å². The largest absolute Gasteiger partial charge is 0.203 e. The normalized spacial score (nSPS) is 13.0. The first-order valence-corrected chi connectivity index (χ1v) is 5.51. The van der Waals surface area contributed by atoms with Gasteiger partial charge in [-0.15, -0.1) is 0 Å². The molecule has 1 atom stereocenters. The van der Waals surface area contributed by atoms with Crippen molar-refractivity contribution in [1.29, 1.82) is 0 Å². The van der Waals surface area contributed by atoms with Crippen molar-refractivity contribution in [2.45, 2.75) is 12.8 Å². The standard InChI is InChI=1S/C9H6F5I/c1-3(2-15)4-5(10)7(12)9(14)8(13)6(4)11/h3H,2H2,1H3. The Morgan fingerprint density at radius 2 is 1.20 bits per heavy atom. The third-order valence-corrected chi connectivity index (χ3v) is 3.29. The van der Waals surface area contributed by atoms with Crippen molar-refractivity contribution in [3.8, 4) is 0 Å². The van der Waals surface area contributed by atoms with E-state index in [1.165, 1.54) is 6.92 Å². The maximum atomic E-state index is 13.1. The number of hydrogen-bond acceptors (Lipinski definition) is 0. The first-order valence-electron chi connectivity index (χ1n) is 3.99. The van der Waals surface area contributed by atoms with Crippen molar-refractivity contribution in [2.24, 2.45) is 0 Å². The monoisotopic (exact) mass is 336 g/mol. The van der Waals surface area contributed by atoms with E-state index in [-0.39, 0.29) is 4.43 Å². The van der Waals surface area contributed by atoms with Gasteiger partial charge in [0.15, 0.2) is 23.3 Å². The van der Waals surface area contributed by atoms with Gasteiger partial charge in [0, 0.05) is 9.99 Å². The van der Waals surface area contributed by atoms with Crippen LogP contribution in [0, 0.1) is 29.1 Å². The molecule has 0 heterocycles. The molecular weight excluding hydrogens is 330 g/mol. The summed E-state index contributed by atoms with van der Waals surface area (Å²) in [5.74, 6) is -10.1. The molecule has 6 heteroatoms. The summed E-state index contributed by atoms with van der Waals surface area (Å²) >= 11 is 1.81. The zero-order valence-electron chi connectivity index (χ0n) is 7.55. The molecule has 0 aliphatic heterocycles. The molecule has 0 radical (unpaired) electrons. The summed E-state index contributed by atoms with van der Waals surface area (Å²) in [7, 11) is 0. The van der Waals surface area contributed by atoms with Crippen molar-refractivity contribution < 1.29 is 22.0 Å². The third-order valence-electron chi connectivity index (χ3n) is 1.97. The highest BCUT2D eigenvalue weighted by Gasteiger charge is 2.27. The molecule has 0 saturated heterocycles. The molecule has 0 N–H and O–H groups in total. The second-order valence-corrected chi connectivity index (χ2v) is 3.92. The molecule has 1 aromatic carbocycles. The van der Waals surface area contributed by atoms with Gasteiger partial charge in [0.25, 0.3) is 0 Å². The van der Waals surface area contributed by atoms with E-state index in [0.29, 0.717) is 0 Å². The summed E-state index contributed by atoms with van der Waals surface area (Å²) in [5.41, 5.74) is -0.749. The van der Waals surface area contributed by atoms with Crippen LogP contribution >= 0.6 is 22.6 Å². The van der Waals surface area contributed by atoms with Crippen molar-refractivity contribution in [3.05, 3.63) is 34.6 Å². The number of rotatable bonds is 2. The summed E-state index contributed by atoms with van der Waals surface area (Å²) in [4.78, 5) is 0. The summed E-state index contributed by atoms with van der Waals surface area (Å²) in [6.45, 7) is 1.39. The Morgan fingerprint density at radius 3 is 1.53 bits per heavy atom. The zero-order chi connectivity index (χ0) is 11.7. The molecule has 0 aromatic heterocycles. The van der Waals surface area contributed by atoms with Crippen LogP contribution in [0.5, 0.6) is 0 Å². The molecule has 15 heavy (non-hydrogen) atoms. The molecule has 1 rings (SSSR count). The average molecular weight is 336 g/mol. The van der Waals surface area contributed by atoms with Crippen LogP contribution in [0.15, 0.2) is 0 Å². The minimum absolute atomic E-state index is 0.260. The third kappa shape index (κ3) is 2.09. The van der Waals surface area contributed by atoms with E-state index in [1.807, 2.05) is 22.6 Å². The molecule has 0 saturated carbocycles. The molecule has 0 aliphatic rings. The van der Waals surface area contributed by atoms with E-state index >= 15 is 0 Å². The van der Waals surface area contributed by atoms with Gasteiger partial charge < -0.3 is 0 Å². The van der Waals surface area contributed by atoms with Crippen LogP contribution in [0.3, 0.4) is 0 Å². The molecule has 0 bridgehead atoms. The minimum Gasteiger partial charge on any atom is -0.203 e. The molecule has 0 fully saturated rings. The molecule has 0 aliphatic carbocycles. The van der Waals surface area contributed by atoms with Crippen LogP contribution in [0.1, 0.15) is 18.4 Å². The van der Waals surface area contributed by atoms with Gasteiger partial charge in [-0.2, -0.15) is 0 Å². The van der Waals surface area contributed by atoms with E-state index in [1.54, 1.807) is 0 Å². The van der Waals surface area contributed by atoms with E-state index in [0.717, 1.165) is 0 Å². The highest BCUT2D eigenvalue weighted by Crippen LogP contribution is 2.29. The van der Waals surface area contributed by atoms with E-state index in [2.05, 4.69) is 0 Å². The van der Waals surface area contributed by atoms with Crippen LogP contribution < -0.4 is 0 Å². The zero-order valence-corrected chi connectivity index (χ0v) is 9.71. The predicted octanol–water partition coefficient (Wildman–Crippen LogP) is 3.92. The lowest BCUT2D eigenvalue weighted by Crippen LogP contribution is -2.10. The second kappa shape index (κ2) is 4.63. The summed E-state index contributed by atoms with van der Waals surface area (Å²) in [6.07, 6.45) is 0. The highest BCUT2D eigenvalue weighted by atomic mass is 127. The first kappa shape index (κ1) is 12.7. The van der Waals surface area contributed by atoms with E-state index in [9.17, 15) is 22.0 Å². The van der Waals surface area contributed by atoms with Gasteiger partial charge in [0.05, 0.1) is 0 Å². The summed E-state index contributed by atoms with van der Waals surface area (Å²) in [5, 5.41) is 0. The lowest BCUT2D eigenvalue weighted by Gasteiger charge is -2.12. The molecule has 0 spiro atoms. The quantitative estimate of drug-likeness (QED) is 0.253. The smallest absolute Gasteiger partial charge is 0.200 e. The molecule has 84 valence electrons. The number of hydrogen-bond donors (Lipinski definition) is 0. The van der Waals surface area contributed by atoms with Crippen molar-refractivity contribution in [3.63, 3.8) is 0 Å². The van der Waals surface area contributed by atoms with Crippen LogP contribution in [0.4, 0.5) is 22.0 Å². The Morgan fingerprint density at radius 1 is 0.867 bits per heavy atom. The van der Waals surface area contributed by atoms with Crippen LogP contribution in [-0.2, 0) is 0 Å². The number of halogens is 6. The predicted molar refractivity (Wildman–Crippen MR) is 53.5 cm³/mol.